The van der Waals surface area contributed by atoms with Gasteiger partial charge in [-0.25, -0.2) is 15.0 Å². The quantitative estimate of drug-likeness (QED) is 0.622. The van der Waals surface area contributed by atoms with Gasteiger partial charge in [-0.3, -0.25) is 0 Å². The van der Waals surface area contributed by atoms with Crippen LogP contribution in [-0.2, 0) is 0 Å². The van der Waals surface area contributed by atoms with Gasteiger partial charge in [-0.15, -0.1) is 0 Å². The molecule has 2 atom stereocenters. The third kappa shape index (κ3) is 4.58. The molecule has 1 aromatic carbocycles. The number of methoxy groups -OCH3 is 1. The van der Waals surface area contributed by atoms with Crippen LogP contribution in [0, 0.1) is 11.9 Å². The van der Waals surface area contributed by atoms with Gasteiger partial charge in [-0.1, -0.05) is 32.0 Å². The molecule has 3 aromatic rings. The number of nitrogens with one attached hydrogen (secondary N) is 1. The number of ether oxygens (including phenoxy) is 1. The van der Waals surface area contributed by atoms with Crippen molar-refractivity contribution in [2.24, 2.45) is 5.92 Å². The Morgan fingerprint density at radius 1 is 1.07 bits per heavy atom. The normalized spacial score (nSPS) is 13.0. The molecule has 0 aliphatic rings. The van der Waals surface area contributed by atoms with E-state index in [1.54, 1.807) is 13.2 Å². The number of aromatic nitrogens is 3. The van der Waals surface area contributed by atoms with Gasteiger partial charge >= 0.3 is 0 Å². The number of anilines is 1. The summed E-state index contributed by atoms with van der Waals surface area (Å²) >= 11 is 0. The van der Waals surface area contributed by atoms with E-state index in [0.29, 0.717) is 17.5 Å². The Morgan fingerprint density at radius 3 is 2.63 bits per heavy atom. The molecular weight excluding hydrogens is 343 g/mol. The van der Waals surface area contributed by atoms with Gasteiger partial charge in [0, 0.05) is 24.4 Å². The third-order valence-electron chi connectivity index (χ3n) is 4.78. The molecule has 3 rings (SSSR count). The first kappa shape index (κ1) is 18.8. The molecule has 140 valence electrons. The number of benzene rings is 1. The highest BCUT2D eigenvalue weighted by atomic mass is 19.1. The number of nitrogens with zero attached hydrogens (tertiary/aromatic N) is 3. The summed E-state index contributed by atoms with van der Waals surface area (Å²) in [5.74, 6) is 1.79. The van der Waals surface area contributed by atoms with Crippen LogP contribution >= 0.6 is 0 Å². The maximum absolute atomic E-state index is 13.0. The molecule has 2 aromatic heterocycles. The fraction of sp³-hybridized carbons (Fsp3) is 0.286. The molecule has 0 aliphatic heterocycles. The lowest BCUT2D eigenvalue weighted by Gasteiger charge is -2.23. The summed E-state index contributed by atoms with van der Waals surface area (Å²) in [5.41, 5.74) is 2.64. The van der Waals surface area contributed by atoms with Crippen molar-refractivity contribution in [3.63, 3.8) is 0 Å². The van der Waals surface area contributed by atoms with Crippen molar-refractivity contribution in [1.29, 1.82) is 0 Å². The summed E-state index contributed by atoms with van der Waals surface area (Å²) in [6, 6.07) is 12.9. The molecule has 1 N–H and O–H groups in total. The van der Waals surface area contributed by atoms with E-state index in [-0.39, 0.29) is 0 Å². The molecule has 5 nitrogen and oxygen atoms in total. The van der Waals surface area contributed by atoms with Crippen molar-refractivity contribution >= 4 is 5.82 Å². The van der Waals surface area contributed by atoms with Crippen LogP contribution < -0.4 is 10.1 Å². The second-order valence-electron chi connectivity index (χ2n) is 6.55. The molecule has 0 bridgehead atoms. The van der Waals surface area contributed by atoms with Crippen LogP contribution in [-0.4, -0.2) is 28.6 Å². The van der Waals surface area contributed by atoms with Gasteiger partial charge in [0.2, 0.25) is 5.95 Å². The molecule has 0 fully saturated rings. The minimum Gasteiger partial charge on any atom is -0.496 e. The first-order chi connectivity index (χ1) is 13.1. The largest absolute Gasteiger partial charge is 0.496 e. The second kappa shape index (κ2) is 8.58. The molecule has 27 heavy (non-hydrogen) atoms. The zero-order valence-electron chi connectivity index (χ0n) is 15.7. The van der Waals surface area contributed by atoms with E-state index >= 15 is 0 Å². The molecule has 0 aliphatic carbocycles. The van der Waals surface area contributed by atoms with Gasteiger partial charge < -0.3 is 10.1 Å². The number of rotatable bonds is 7. The van der Waals surface area contributed by atoms with Gasteiger partial charge in [0.1, 0.15) is 17.9 Å². The second-order valence-corrected chi connectivity index (χ2v) is 6.55. The monoisotopic (exact) mass is 366 g/mol. The summed E-state index contributed by atoms with van der Waals surface area (Å²) in [6.45, 7) is 5.13. The highest BCUT2D eigenvalue weighted by molar-refractivity contribution is 5.60. The van der Waals surface area contributed by atoms with Crippen LogP contribution in [0.2, 0.25) is 0 Å². The molecule has 6 heteroatoms. The van der Waals surface area contributed by atoms with Gasteiger partial charge in [-0.05, 0) is 35.6 Å². The molecule has 0 amide bonds. The summed E-state index contributed by atoms with van der Waals surface area (Å²) in [7, 11) is 1.70. The Bertz CT molecular complexity index is 885. The summed E-state index contributed by atoms with van der Waals surface area (Å²) in [4.78, 5) is 12.2. The Morgan fingerprint density at radius 2 is 1.89 bits per heavy atom. The first-order valence-electron chi connectivity index (χ1n) is 8.89. The van der Waals surface area contributed by atoms with E-state index in [1.807, 2.05) is 24.3 Å². The standard InChI is InChI=1S/C21H23FN4O/c1-14(15(2)17-6-4-5-7-19(17)27-3)11-24-21-10-18(25-13-26-21)16-8-9-20(22)23-12-16/h4-10,12-15H,11H2,1-3H3,(H,24,25,26)/t14-,15?/m1/s1. The molecule has 0 spiro atoms. The van der Waals surface area contributed by atoms with E-state index in [0.717, 1.165) is 23.7 Å². The van der Waals surface area contributed by atoms with Crippen LogP contribution in [0.4, 0.5) is 10.2 Å². The average Bonchev–Trinajstić information content (AvgIpc) is 2.72. The molecule has 1 unspecified atom stereocenters. The Hall–Kier alpha value is -3.02. The lowest BCUT2D eigenvalue weighted by atomic mass is 9.88. The number of para-hydroxylation sites is 1. The van der Waals surface area contributed by atoms with E-state index in [1.165, 1.54) is 24.2 Å². The topological polar surface area (TPSA) is 59.9 Å². The van der Waals surface area contributed by atoms with Crippen molar-refractivity contribution in [3.05, 3.63) is 66.5 Å². The summed E-state index contributed by atoms with van der Waals surface area (Å²) < 4.78 is 18.5. The van der Waals surface area contributed by atoms with E-state index in [2.05, 4.69) is 40.2 Å². The number of pyridine rings is 1. The number of hydrogen-bond acceptors (Lipinski definition) is 5. The van der Waals surface area contributed by atoms with Crippen LogP contribution in [0.1, 0.15) is 25.3 Å². The van der Waals surface area contributed by atoms with Crippen LogP contribution in [0.25, 0.3) is 11.3 Å². The summed E-state index contributed by atoms with van der Waals surface area (Å²) in [6.07, 6.45) is 2.96. The maximum Gasteiger partial charge on any atom is 0.212 e. The fourth-order valence-electron chi connectivity index (χ4n) is 2.93. The Balaban J connectivity index is 1.67. The van der Waals surface area contributed by atoms with E-state index in [9.17, 15) is 4.39 Å². The predicted molar refractivity (Wildman–Crippen MR) is 104 cm³/mol. The van der Waals surface area contributed by atoms with Crippen LogP contribution in [0.15, 0.2) is 55.0 Å². The molecule has 0 saturated carbocycles. The highest BCUT2D eigenvalue weighted by Crippen LogP contribution is 2.31. The predicted octanol–water partition coefficient (Wildman–Crippen LogP) is 4.54. The highest BCUT2D eigenvalue weighted by Gasteiger charge is 2.18. The van der Waals surface area contributed by atoms with Gasteiger partial charge in [0.15, 0.2) is 0 Å². The molecule has 2 heterocycles. The van der Waals surface area contributed by atoms with Gasteiger partial charge in [-0.2, -0.15) is 4.39 Å². The maximum atomic E-state index is 13.0. The molecule has 0 radical (unpaired) electrons. The first-order valence-corrected chi connectivity index (χ1v) is 8.89. The molecule has 0 saturated heterocycles. The lowest BCUT2D eigenvalue weighted by Crippen LogP contribution is -2.18. The van der Waals surface area contributed by atoms with Crippen molar-refractivity contribution < 1.29 is 9.13 Å². The van der Waals surface area contributed by atoms with Crippen LogP contribution in [0.3, 0.4) is 0 Å². The smallest absolute Gasteiger partial charge is 0.212 e. The van der Waals surface area contributed by atoms with E-state index < -0.39 is 5.95 Å². The van der Waals surface area contributed by atoms with Crippen molar-refractivity contribution in [2.45, 2.75) is 19.8 Å². The van der Waals surface area contributed by atoms with Crippen molar-refractivity contribution in [2.75, 3.05) is 19.0 Å². The van der Waals surface area contributed by atoms with E-state index in [4.69, 9.17) is 4.74 Å². The minimum atomic E-state index is -0.509. The fourth-order valence-corrected chi connectivity index (χ4v) is 2.93. The summed E-state index contributed by atoms with van der Waals surface area (Å²) in [5, 5.41) is 3.37. The SMILES string of the molecule is COc1ccccc1C(C)[C@H](C)CNc1cc(-c2ccc(F)nc2)ncn1. The minimum absolute atomic E-state index is 0.316. The lowest BCUT2D eigenvalue weighted by molar-refractivity contribution is 0.397. The number of hydrogen-bond donors (Lipinski definition) is 1. The van der Waals surface area contributed by atoms with Crippen molar-refractivity contribution in [3.8, 4) is 17.0 Å². The third-order valence-corrected chi connectivity index (χ3v) is 4.78. The van der Waals surface area contributed by atoms with Crippen LogP contribution in [0.5, 0.6) is 5.75 Å². The Labute approximate surface area is 158 Å². The average molecular weight is 366 g/mol. The molecular formula is C21H23FN4O. The zero-order chi connectivity index (χ0) is 19.2. The zero-order valence-corrected chi connectivity index (χ0v) is 15.7. The van der Waals surface area contributed by atoms with Gasteiger partial charge in [0.05, 0.1) is 12.8 Å². The van der Waals surface area contributed by atoms with Gasteiger partial charge in [0.25, 0.3) is 0 Å². The number of halogens is 1. The Kier molecular flexibility index (Phi) is 5.96. The van der Waals surface area contributed by atoms with Crippen molar-refractivity contribution in [1.82, 2.24) is 15.0 Å².